The fraction of sp³-hybridized carbons (Fsp3) is 0.794. The molecule has 0 aromatic carbocycles. The summed E-state index contributed by atoms with van der Waals surface area (Å²) >= 11 is 0. The van der Waals surface area contributed by atoms with Crippen LogP contribution in [0.5, 0.6) is 0 Å². The predicted molar refractivity (Wildman–Crippen MR) is 179 cm³/mol. The Balaban J connectivity index is 2.53. The van der Waals surface area contributed by atoms with Gasteiger partial charge in [-0.05, 0) is 44.9 Å². The van der Waals surface area contributed by atoms with E-state index in [2.05, 4.69) is 54.5 Å². The summed E-state index contributed by atoms with van der Waals surface area (Å²) in [5.41, 5.74) is 0. The summed E-state index contributed by atoms with van der Waals surface area (Å²) in [5, 5.41) is 30.3. The molecule has 0 aliphatic carbocycles. The summed E-state index contributed by atoms with van der Waals surface area (Å²) in [4.78, 5) is 12.6. The highest BCUT2D eigenvalue weighted by Gasteiger charge is 2.48. The van der Waals surface area contributed by atoms with Crippen molar-refractivity contribution in [3.63, 3.8) is 0 Å². The summed E-state index contributed by atoms with van der Waals surface area (Å²) in [6, 6.07) is 0. The number of esters is 1. The molecule has 1 heterocycles. The molecule has 47 heavy (non-hydrogen) atoms. The molecule has 6 unspecified atom stereocenters. The van der Waals surface area contributed by atoms with Crippen molar-refractivity contribution in [1.82, 2.24) is 0 Å². The molecule has 1 fully saturated rings. The van der Waals surface area contributed by atoms with Crippen molar-refractivity contribution in [3.8, 4) is 0 Å². The van der Waals surface area contributed by atoms with Crippen LogP contribution in [0, 0.1) is 0 Å². The van der Waals surface area contributed by atoms with Crippen LogP contribution in [-0.4, -0.2) is 97.5 Å². The lowest BCUT2D eigenvalue weighted by Crippen LogP contribution is -2.60. The number of ether oxygens (including phenoxy) is 4. The van der Waals surface area contributed by atoms with Crippen molar-refractivity contribution >= 4 is 16.4 Å². The van der Waals surface area contributed by atoms with Crippen LogP contribution in [0.2, 0.25) is 0 Å². The number of rotatable bonds is 28. The normalized spacial score (nSPS) is 22.9. The lowest BCUT2D eigenvalue weighted by Gasteiger charge is -2.41. The molecule has 1 aliphatic rings. The van der Waals surface area contributed by atoms with Gasteiger partial charge in [0.2, 0.25) is 0 Å². The fourth-order valence-corrected chi connectivity index (χ4v) is 5.43. The van der Waals surface area contributed by atoms with Gasteiger partial charge in [0.25, 0.3) is 0 Å². The molecule has 0 amide bonds. The molecule has 0 bridgehead atoms. The Morgan fingerprint density at radius 3 is 2.15 bits per heavy atom. The van der Waals surface area contributed by atoms with Crippen LogP contribution in [0.1, 0.15) is 110 Å². The molecular weight excluding hydrogens is 632 g/mol. The number of hydrogen-bond acceptors (Lipinski definition) is 11. The molecule has 0 aromatic rings. The van der Waals surface area contributed by atoms with E-state index in [4.69, 9.17) is 23.5 Å². The van der Waals surface area contributed by atoms with E-state index in [-0.39, 0.29) is 19.6 Å². The van der Waals surface area contributed by atoms with Gasteiger partial charge in [-0.3, -0.25) is 9.35 Å². The first-order chi connectivity index (χ1) is 22.6. The van der Waals surface area contributed by atoms with Gasteiger partial charge in [-0.15, -0.1) is 0 Å². The van der Waals surface area contributed by atoms with Crippen LogP contribution in [0.4, 0.5) is 0 Å². The maximum Gasteiger partial charge on any atom is 0.397 e. The van der Waals surface area contributed by atoms with E-state index in [1.54, 1.807) is 0 Å². The number of hydrogen-bond donors (Lipinski definition) is 4. The highest BCUT2D eigenvalue weighted by molar-refractivity contribution is 7.80. The van der Waals surface area contributed by atoms with E-state index in [1.807, 2.05) is 0 Å². The Labute approximate surface area is 282 Å². The summed E-state index contributed by atoms with van der Waals surface area (Å²) in [5.74, 6) is -0.420. The van der Waals surface area contributed by atoms with Gasteiger partial charge < -0.3 is 34.3 Å². The second-order valence-electron chi connectivity index (χ2n) is 11.7. The smallest absolute Gasteiger partial charge is 0.397 e. The Hall–Kier alpha value is -1.68. The van der Waals surface area contributed by atoms with Crippen LogP contribution in [0.25, 0.3) is 0 Å². The summed E-state index contributed by atoms with van der Waals surface area (Å²) < 4.78 is 58.4. The molecule has 1 rings (SSSR count). The Bertz CT molecular complexity index is 984. The van der Waals surface area contributed by atoms with Gasteiger partial charge in [0.05, 0.1) is 19.8 Å². The molecule has 274 valence electrons. The predicted octanol–water partition coefficient (Wildman–Crippen LogP) is 5.12. The monoisotopic (exact) mass is 692 g/mol. The van der Waals surface area contributed by atoms with Crippen molar-refractivity contribution in [3.05, 3.63) is 36.5 Å². The minimum atomic E-state index is -5.05. The lowest BCUT2D eigenvalue weighted by atomic mass is 9.99. The molecule has 0 radical (unpaired) electrons. The van der Waals surface area contributed by atoms with Crippen molar-refractivity contribution in [2.24, 2.45) is 0 Å². The maximum absolute atomic E-state index is 12.6. The highest BCUT2D eigenvalue weighted by atomic mass is 32.3. The molecule has 0 spiro atoms. The average Bonchev–Trinajstić information content (AvgIpc) is 3.03. The average molecular weight is 693 g/mol. The SMILES string of the molecule is CC/C=C\C/C=C\C/C=C\CCCCCCOCC(COC1OC(CO)C(O)C(OS(=O)(=O)O)C1O)OC(=O)CCCCCCCC. The molecule has 0 aromatic heterocycles. The summed E-state index contributed by atoms with van der Waals surface area (Å²) in [7, 11) is -5.05. The van der Waals surface area contributed by atoms with E-state index in [0.717, 1.165) is 83.5 Å². The van der Waals surface area contributed by atoms with E-state index in [0.29, 0.717) is 13.0 Å². The number of aliphatic hydroxyl groups is 3. The third-order valence-electron chi connectivity index (χ3n) is 7.53. The second kappa shape index (κ2) is 27.2. The fourth-order valence-electron chi connectivity index (χ4n) is 4.92. The topological polar surface area (TPSA) is 178 Å². The molecule has 4 N–H and O–H groups in total. The molecular formula is C34H60O12S. The summed E-state index contributed by atoms with van der Waals surface area (Å²) in [6.07, 6.45) is 18.1. The number of carbonyl (C=O) groups is 1. The molecule has 12 nitrogen and oxygen atoms in total. The molecule has 6 atom stereocenters. The Kier molecular flexibility index (Phi) is 25.1. The number of carbonyl (C=O) groups excluding carboxylic acids is 1. The van der Waals surface area contributed by atoms with Gasteiger partial charge in [-0.1, -0.05) is 95.2 Å². The minimum Gasteiger partial charge on any atom is -0.457 e. The zero-order valence-corrected chi connectivity index (χ0v) is 29.1. The van der Waals surface area contributed by atoms with Crippen molar-refractivity contribution in [1.29, 1.82) is 0 Å². The minimum absolute atomic E-state index is 0.0204. The van der Waals surface area contributed by atoms with Gasteiger partial charge in [0, 0.05) is 13.0 Å². The number of aliphatic hydroxyl groups excluding tert-OH is 3. The lowest BCUT2D eigenvalue weighted by molar-refractivity contribution is -0.301. The highest BCUT2D eigenvalue weighted by Crippen LogP contribution is 2.26. The third kappa shape index (κ3) is 21.8. The maximum atomic E-state index is 12.6. The molecule has 0 saturated carbocycles. The van der Waals surface area contributed by atoms with Crippen LogP contribution < -0.4 is 0 Å². The standard InChI is InChI=1S/C34H60O12S/c1-3-5-7-9-11-12-13-14-15-16-17-18-20-22-24-42-26-28(44-30(36)23-21-19-10-8-6-4-2)27-43-34-32(38)33(46-47(39,40)41)31(37)29(25-35)45-34/h5,7,11-12,14-15,28-29,31-35,37-38H,3-4,6,8-10,13,16-27H2,1-2H3,(H,39,40,41)/b7-5-,12-11-,15-14-. The van der Waals surface area contributed by atoms with E-state index in [1.165, 1.54) is 0 Å². The van der Waals surface area contributed by atoms with Gasteiger partial charge in [0.15, 0.2) is 6.29 Å². The zero-order chi connectivity index (χ0) is 34.8. The third-order valence-corrected chi connectivity index (χ3v) is 7.99. The Morgan fingerprint density at radius 2 is 1.47 bits per heavy atom. The van der Waals surface area contributed by atoms with Crippen LogP contribution in [0.15, 0.2) is 36.5 Å². The first kappa shape index (κ1) is 43.3. The van der Waals surface area contributed by atoms with E-state index < -0.39 is 59.8 Å². The molecule has 13 heteroatoms. The van der Waals surface area contributed by atoms with Crippen molar-refractivity contribution in [2.45, 2.75) is 147 Å². The van der Waals surface area contributed by atoms with Crippen molar-refractivity contribution in [2.75, 3.05) is 26.4 Å². The van der Waals surface area contributed by atoms with Crippen LogP contribution >= 0.6 is 0 Å². The zero-order valence-electron chi connectivity index (χ0n) is 28.3. The van der Waals surface area contributed by atoms with Crippen molar-refractivity contribution < 1.29 is 56.2 Å². The largest absolute Gasteiger partial charge is 0.457 e. The van der Waals surface area contributed by atoms with Gasteiger partial charge >= 0.3 is 16.4 Å². The number of allylic oxidation sites excluding steroid dienone is 6. The van der Waals surface area contributed by atoms with Gasteiger partial charge in [0.1, 0.15) is 30.5 Å². The van der Waals surface area contributed by atoms with E-state index in [9.17, 15) is 28.5 Å². The van der Waals surface area contributed by atoms with Crippen LogP contribution in [0.3, 0.4) is 0 Å². The van der Waals surface area contributed by atoms with Gasteiger partial charge in [-0.2, -0.15) is 8.42 Å². The first-order valence-electron chi connectivity index (χ1n) is 17.2. The second-order valence-corrected chi connectivity index (χ2v) is 12.8. The molecule has 1 saturated heterocycles. The Morgan fingerprint density at radius 1 is 0.830 bits per heavy atom. The summed E-state index contributed by atoms with van der Waals surface area (Å²) in [6.45, 7) is 3.70. The number of unbranched alkanes of at least 4 members (excludes halogenated alkanes) is 9. The van der Waals surface area contributed by atoms with Gasteiger partial charge in [-0.25, -0.2) is 4.18 Å². The quantitative estimate of drug-likeness (QED) is 0.0369. The van der Waals surface area contributed by atoms with E-state index >= 15 is 0 Å². The first-order valence-corrected chi connectivity index (χ1v) is 18.6. The van der Waals surface area contributed by atoms with Crippen LogP contribution in [-0.2, 0) is 38.3 Å². The molecule has 1 aliphatic heterocycles.